The molecular weight excluding hydrogens is 506 g/mol. The van der Waals surface area contributed by atoms with Crippen LogP contribution in [0.5, 0.6) is 11.6 Å². The number of aryl methyl sites for hydroxylation is 2. The van der Waals surface area contributed by atoms with Crippen LogP contribution < -0.4 is 14.8 Å². The highest BCUT2D eigenvalue weighted by molar-refractivity contribution is 5.94. The van der Waals surface area contributed by atoms with Gasteiger partial charge in [-0.15, -0.1) is 0 Å². The lowest BCUT2D eigenvalue weighted by atomic mass is 10.1. The van der Waals surface area contributed by atoms with Crippen LogP contribution in [0.25, 0.3) is 33.5 Å². The van der Waals surface area contributed by atoms with Crippen molar-refractivity contribution in [2.45, 2.75) is 26.3 Å². The molecule has 1 N–H and O–H groups in total. The number of ether oxygens (including phenoxy) is 2. The Hall–Kier alpha value is -4.51. The van der Waals surface area contributed by atoms with E-state index in [1.54, 1.807) is 17.1 Å². The maximum absolute atomic E-state index is 6.23. The molecule has 0 spiro atoms. The zero-order chi connectivity index (χ0) is 27.8. The molecule has 40 heavy (non-hydrogen) atoms. The number of benzene rings is 1. The molecule has 5 aromatic rings. The van der Waals surface area contributed by atoms with Gasteiger partial charge in [0.2, 0.25) is 5.88 Å². The van der Waals surface area contributed by atoms with Crippen molar-refractivity contribution in [3.05, 3.63) is 54.5 Å². The summed E-state index contributed by atoms with van der Waals surface area (Å²) >= 11 is 0. The third-order valence-electron chi connectivity index (χ3n) is 6.95. The molecule has 1 aliphatic heterocycles. The second-order valence-electron chi connectivity index (χ2n) is 10.4. The molecule has 0 amide bonds. The largest absolute Gasteiger partial charge is 0.492 e. The van der Waals surface area contributed by atoms with Crippen molar-refractivity contribution in [1.29, 1.82) is 0 Å². The van der Waals surface area contributed by atoms with Crippen molar-refractivity contribution in [2.24, 2.45) is 7.05 Å². The molecule has 11 nitrogen and oxygen atoms in total. The van der Waals surface area contributed by atoms with E-state index in [1.165, 1.54) is 0 Å². The van der Waals surface area contributed by atoms with Crippen LogP contribution in [0.1, 0.15) is 24.9 Å². The molecule has 0 radical (unpaired) electrons. The Morgan fingerprint density at radius 2 is 2.00 bits per heavy atom. The minimum atomic E-state index is 0.0563. The van der Waals surface area contributed by atoms with Crippen LogP contribution in [0.15, 0.2) is 48.9 Å². The predicted octanol–water partition coefficient (Wildman–Crippen LogP) is 4.62. The third kappa shape index (κ3) is 5.07. The van der Waals surface area contributed by atoms with Crippen LogP contribution in [0, 0.1) is 6.92 Å². The van der Waals surface area contributed by atoms with Gasteiger partial charge in [0.25, 0.3) is 0 Å². The fraction of sp³-hybridized carbons (Fsp3) is 0.345. The van der Waals surface area contributed by atoms with Gasteiger partial charge in [0.1, 0.15) is 35.2 Å². The predicted molar refractivity (Wildman–Crippen MR) is 154 cm³/mol. The molecule has 0 unspecified atom stereocenters. The summed E-state index contributed by atoms with van der Waals surface area (Å²) in [6.45, 7) is 6.16. The van der Waals surface area contributed by atoms with Gasteiger partial charge < -0.3 is 19.7 Å². The normalized spacial score (nSPS) is 15.0. The first-order chi connectivity index (χ1) is 19.4. The summed E-state index contributed by atoms with van der Waals surface area (Å²) in [5, 5.41) is 13.8. The lowest BCUT2D eigenvalue weighted by Crippen LogP contribution is -2.19. The summed E-state index contributed by atoms with van der Waals surface area (Å²) in [5.41, 5.74) is 4.68. The van der Waals surface area contributed by atoms with Crippen LogP contribution in [-0.2, 0) is 7.05 Å². The molecule has 0 fully saturated rings. The quantitative estimate of drug-likeness (QED) is 0.342. The number of rotatable bonds is 5. The number of nitrogens with one attached hydrogen (secondary N) is 1. The zero-order valence-corrected chi connectivity index (χ0v) is 23.4. The summed E-state index contributed by atoms with van der Waals surface area (Å²) in [6, 6.07) is 10.2. The Morgan fingerprint density at radius 1 is 1.12 bits per heavy atom. The van der Waals surface area contributed by atoms with E-state index < -0.39 is 0 Å². The van der Waals surface area contributed by atoms with E-state index in [-0.39, 0.29) is 6.04 Å². The minimum absolute atomic E-state index is 0.0563. The molecule has 4 bridgehead atoms. The maximum Gasteiger partial charge on any atom is 0.222 e. The Morgan fingerprint density at radius 3 is 2.85 bits per heavy atom. The summed E-state index contributed by atoms with van der Waals surface area (Å²) in [7, 11) is 5.93. The molecule has 11 heteroatoms. The Kier molecular flexibility index (Phi) is 6.81. The van der Waals surface area contributed by atoms with Crippen LogP contribution in [0.2, 0.25) is 0 Å². The van der Waals surface area contributed by atoms with Crippen molar-refractivity contribution in [1.82, 2.24) is 39.4 Å². The van der Waals surface area contributed by atoms with Crippen molar-refractivity contribution in [2.75, 3.05) is 39.2 Å². The van der Waals surface area contributed by atoms with Gasteiger partial charge in [-0.3, -0.25) is 4.68 Å². The molecular formula is C29H33N9O2. The van der Waals surface area contributed by atoms with Gasteiger partial charge in [0.05, 0.1) is 24.4 Å². The monoisotopic (exact) mass is 539 g/mol. The summed E-state index contributed by atoms with van der Waals surface area (Å²) in [4.78, 5) is 16.0. The van der Waals surface area contributed by atoms with Gasteiger partial charge >= 0.3 is 0 Å². The fourth-order valence-electron chi connectivity index (χ4n) is 4.85. The number of likely N-dealkylation sites (N-methyl/N-ethyl adjacent to an activating group) is 1. The average molecular weight is 540 g/mol. The third-order valence-corrected chi connectivity index (χ3v) is 6.95. The van der Waals surface area contributed by atoms with Crippen molar-refractivity contribution in [3.63, 3.8) is 0 Å². The van der Waals surface area contributed by atoms with Crippen molar-refractivity contribution < 1.29 is 9.47 Å². The lowest BCUT2D eigenvalue weighted by molar-refractivity contribution is 0.260. The summed E-state index contributed by atoms with van der Waals surface area (Å²) in [5.74, 6) is 3.30. The van der Waals surface area contributed by atoms with E-state index in [4.69, 9.17) is 24.5 Å². The van der Waals surface area contributed by atoms with Crippen molar-refractivity contribution in [3.8, 4) is 34.3 Å². The van der Waals surface area contributed by atoms with Gasteiger partial charge in [-0.05, 0) is 57.8 Å². The summed E-state index contributed by atoms with van der Waals surface area (Å²) in [6.07, 6.45) is 6.06. The number of fused-ring (bicyclic) bond motifs is 5. The van der Waals surface area contributed by atoms with E-state index in [2.05, 4.69) is 57.0 Å². The molecule has 1 atom stereocenters. The lowest BCUT2D eigenvalue weighted by Gasteiger charge is -2.16. The number of nitrogens with zero attached hydrogens (tertiary/aromatic N) is 8. The second-order valence-corrected chi connectivity index (χ2v) is 10.4. The van der Waals surface area contributed by atoms with Crippen LogP contribution >= 0.6 is 0 Å². The highest BCUT2D eigenvalue weighted by Crippen LogP contribution is 2.35. The SMILES string of the molecule is Cc1cc(OCCN(C)C)cc(-c2nn3c4cc(ncc24)Nc2ccnc(n2)-c2cnn(C)c2OCC[C@@H]3C)c1. The molecule has 1 aliphatic rings. The first-order valence-corrected chi connectivity index (χ1v) is 13.4. The number of aromatic nitrogens is 7. The Labute approximate surface area is 232 Å². The van der Waals surface area contributed by atoms with Crippen LogP contribution in [-0.4, -0.2) is 73.3 Å². The van der Waals surface area contributed by atoms with Gasteiger partial charge in [-0.2, -0.15) is 10.2 Å². The van der Waals surface area contributed by atoms with Gasteiger partial charge in [0, 0.05) is 49.4 Å². The van der Waals surface area contributed by atoms with E-state index in [0.717, 1.165) is 52.0 Å². The summed E-state index contributed by atoms with van der Waals surface area (Å²) < 4.78 is 16.1. The molecule has 206 valence electrons. The highest BCUT2D eigenvalue weighted by atomic mass is 16.5. The molecule has 0 saturated heterocycles. The Bertz CT molecular complexity index is 1670. The highest BCUT2D eigenvalue weighted by Gasteiger charge is 2.21. The molecule has 1 aromatic carbocycles. The van der Waals surface area contributed by atoms with Gasteiger partial charge in [0.15, 0.2) is 5.82 Å². The average Bonchev–Trinajstić information content (AvgIpc) is 3.48. The van der Waals surface area contributed by atoms with E-state index in [9.17, 15) is 0 Å². The zero-order valence-electron chi connectivity index (χ0n) is 23.4. The molecule has 6 rings (SSSR count). The number of hydrogen-bond donors (Lipinski definition) is 1. The maximum atomic E-state index is 6.23. The second kappa shape index (κ2) is 10.6. The van der Waals surface area contributed by atoms with Crippen LogP contribution in [0.4, 0.5) is 11.6 Å². The standard InChI is InChI=1S/C29H33N9O2/c1-18-12-20(14-21(13-18)39-11-9-36(3)4)27-22-16-31-26-15-24(22)38(35-27)19(2)7-10-40-29-23(17-32-37(29)5)28-30-8-6-25(33-26)34-28/h6,8,12-17,19H,7,9-11H2,1-5H3,(H,30,31,33,34)/t19-/m0/s1. The number of anilines is 2. The first kappa shape index (κ1) is 25.8. The molecule has 5 heterocycles. The number of pyridine rings is 1. The topological polar surface area (TPSA) is 108 Å². The van der Waals surface area contributed by atoms with Gasteiger partial charge in [-0.1, -0.05) is 0 Å². The smallest absolute Gasteiger partial charge is 0.222 e. The molecule has 0 saturated carbocycles. The van der Waals surface area contributed by atoms with E-state index in [0.29, 0.717) is 36.6 Å². The van der Waals surface area contributed by atoms with Crippen molar-refractivity contribution >= 4 is 22.5 Å². The van der Waals surface area contributed by atoms with Crippen LogP contribution in [0.3, 0.4) is 0 Å². The molecule has 0 aliphatic carbocycles. The first-order valence-electron chi connectivity index (χ1n) is 13.4. The Balaban J connectivity index is 1.42. The van der Waals surface area contributed by atoms with E-state index in [1.807, 2.05) is 39.5 Å². The molecule has 4 aromatic heterocycles. The number of hydrogen-bond acceptors (Lipinski definition) is 9. The van der Waals surface area contributed by atoms with E-state index >= 15 is 0 Å². The fourth-order valence-corrected chi connectivity index (χ4v) is 4.85. The van der Waals surface area contributed by atoms with Gasteiger partial charge in [-0.25, -0.2) is 19.6 Å². The minimum Gasteiger partial charge on any atom is -0.492 e.